The number of aliphatic carboxylic acids is 1. The molecule has 1 aliphatic rings. The summed E-state index contributed by atoms with van der Waals surface area (Å²) in [7, 11) is 0. The number of likely N-dealkylation sites (tertiary alicyclic amines) is 1. The molecule has 1 aromatic rings. The van der Waals surface area contributed by atoms with E-state index in [1.807, 2.05) is 0 Å². The predicted molar refractivity (Wildman–Crippen MR) is 116 cm³/mol. The van der Waals surface area contributed by atoms with Crippen molar-refractivity contribution in [3.8, 4) is 5.75 Å². The zero-order chi connectivity index (χ0) is 23.1. The maximum absolute atomic E-state index is 12.6. The maximum Gasteiger partial charge on any atom is 0.326 e. The largest absolute Gasteiger partial charge is 0.508 e. The van der Waals surface area contributed by atoms with Crippen molar-refractivity contribution in [2.75, 3.05) is 12.3 Å². The Morgan fingerprint density at radius 1 is 1.19 bits per heavy atom. The van der Waals surface area contributed by atoms with E-state index in [0.29, 0.717) is 19.4 Å². The van der Waals surface area contributed by atoms with Gasteiger partial charge in [-0.05, 0) is 43.9 Å². The molecule has 31 heavy (non-hydrogen) atoms. The average Bonchev–Trinajstić information content (AvgIpc) is 3.22. The predicted octanol–water partition coefficient (Wildman–Crippen LogP) is -0.743. The van der Waals surface area contributed by atoms with Crippen LogP contribution in [0.3, 0.4) is 0 Å². The van der Waals surface area contributed by atoms with Gasteiger partial charge in [0.25, 0.3) is 0 Å². The van der Waals surface area contributed by atoms with Crippen LogP contribution in [0.2, 0.25) is 0 Å². The zero-order valence-electron chi connectivity index (χ0n) is 17.2. The molecule has 0 aliphatic carbocycles. The van der Waals surface area contributed by atoms with E-state index in [1.165, 1.54) is 24.0 Å². The van der Waals surface area contributed by atoms with Crippen LogP contribution >= 0.6 is 12.6 Å². The summed E-state index contributed by atoms with van der Waals surface area (Å²) in [5.41, 5.74) is 6.66. The van der Waals surface area contributed by atoms with Gasteiger partial charge in [0.1, 0.15) is 23.9 Å². The molecule has 1 aromatic carbocycles. The number of aromatic hydroxyl groups is 1. The van der Waals surface area contributed by atoms with Crippen LogP contribution in [-0.4, -0.2) is 75.3 Å². The van der Waals surface area contributed by atoms with Crippen LogP contribution in [0.25, 0.3) is 0 Å². The van der Waals surface area contributed by atoms with Crippen molar-refractivity contribution >= 4 is 36.3 Å². The third kappa shape index (κ3) is 6.59. The van der Waals surface area contributed by atoms with E-state index < -0.39 is 47.9 Å². The number of amides is 3. The Morgan fingerprint density at radius 3 is 2.42 bits per heavy atom. The first-order chi connectivity index (χ1) is 14.6. The van der Waals surface area contributed by atoms with E-state index in [2.05, 4.69) is 23.3 Å². The number of rotatable bonds is 9. The zero-order valence-corrected chi connectivity index (χ0v) is 18.0. The first-order valence-corrected chi connectivity index (χ1v) is 10.6. The molecule has 1 saturated heterocycles. The number of carboxylic acid groups (broad SMARTS) is 1. The van der Waals surface area contributed by atoms with Gasteiger partial charge >= 0.3 is 5.97 Å². The molecule has 0 saturated carbocycles. The molecule has 0 bridgehead atoms. The fourth-order valence-corrected chi connectivity index (χ4v) is 3.62. The summed E-state index contributed by atoms with van der Waals surface area (Å²) in [6.45, 7) is 1.78. The quantitative estimate of drug-likeness (QED) is 0.269. The number of carboxylic acids is 1. The van der Waals surface area contributed by atoms with E-state index in [4.69, 9.17) is 5.73 Å². The molecule has 3 amide bonds. The molecule has 170 valence electrons. The molecule has 1 heterocycles. The smallest absolute Gasteiger partial charge is 0.326 e. The minimum absolute atomic E-state index is 0.0219. The summed E-state index contributed by atoms with van der Waals surface area (Å²) in [5, 5.41) is 23.6. The van der Waals surface area contributed by atoms with Crippen molar-refractivity contribution < 1.29 is 29.4 Å². The minimum Gasteiger partial charge on any atom is -0.508 e. The summed E-state index contributed by atoms with van der Waals surface area (Å²) in [5.74, 6) is -2.68. The van der Waals surface area contributed by atoms with Gasteiger partial charge in [-0.3, -0.25) is 14.4 Å². The van der Waals surface area contributed by atoms with Gasteiger partial charge in [0.2, 0.25) is 17.7 Å². The summed E-state index contributed by atoms with van der Waals surface area (Å²) in [6, 6.07) is 2.44. The SMILES string of the molecule is CC(NC(=O)C(CS)NC(=O)C(N)Cc1ccc(O)cc1)C(=O)N1CCCC1C(=O)O. The number of phenols is 1. The number of hydrogen-bond donors (Lipinski definition) is 6. The maximum atomic E-state index is 12.6. The number of nitrogens with one attached hydrogen (secondary N) is 2. The molecule has 1 fully saturated rings. The van der Waals surface area contributed by atoms with Crippen LogP contribution < -0.4 is 16.4 Å². The van der Waals surface area contributed by atoms with E-state index in [9.17, 15) is 29.4 Å². The second kappa shape index (κ2) is 11.0. The Morgan fingerprint density at radius 2 is 1.84 bits per heavy atom. The molecule has 0 aromatic heterocycles. The molecule has 10 nitrogen and oxygen atoms in total. The summed E-state index contributed by atoms with van der Waals surface area (Å²) < 4.78 is 0. The molecule has 2 rings (SSSR count). The Labute approximate surface area is 185 Å². The lowest BCUT2D eigenvalue weighted by Crippen LogP contribution is -2.57. The molecule has 11 heteroatoms. The van der Waals surface area contributed by atoms with Gasteiger partial charge in [0, 0.05) is 12.3 Å². The van der Waals surface area contributed by atoms with Crippen LogP contribution in [0, 0.1) is 0 Å². The average molecular weight is 453 g/mol. The van der Waals surface area contributed by atoms with Gasteiger partial charge in [-0.2, -0.15) is 12.6 Å². The van der Waals surface area contributed by atoms with E-state index >= 15 is 0 Å². The van der Waals surface area contributed by atoms with E-state index in [-0.39, 0.29) is 17.9 Å². The number of phenolic OH excluding ortho intramolecular Hbond substituents is 1. The molecule has 6 N–H and O–H groups in total. The molecule has 1 aliphatic heterocycles. The fourth-order valence-electron chi connectivity index (χ4n) is 3.36. The molecular formula is C20H28N4O6S. The number of carbonyl (C=O) groups is 4. The Hall–Kier alpha value is -2.79. The van der Waals surface area contributed by atoms with Gasteiger partial charge in [0.15, 0.2) is 0 Å². The first-order valence-electron chi connectivity index (χ1n) is 9.92. The Bertz CT molecular complexity index is 818. The van der Waals surface area contributed by atoms with Gasteiger partial charge in [-0.1, -0.05) is 12.1 Å². The number of carbonyl (C=O) groups excluding carboxylic acids is 3. The highest BCUT2D eigenvalue weighted by molar-refractivity contribution is 7.80. The third-order valence-electron chi connectivity index (χ3n) is 5.09. The van der Waals surface area contributed by atoms with Gasteiger partial charge in [0.05, 0.1) is 6.04 Å². The van der Waals surface area contributed by atoms with Crippen molar-refractivity contribution in [1.29, 1.82) is 0 Å². The lowest BCUT2D eigenvalue weighted by atomic mass is 10.1. The topological polar surface area (TPSA) is 162 Å². The third-order valence-corrected chi connectivity index (χ3v) is 5.46. The molecule has 4 atom stereocenters. The van der Waals surface area contributed by atoms with Crippen LogP contribution in [0.5, 0.6) is 5.75 Å². The van der Waals surface area contributed by atoms with Crippen LogP contribution in [0.4, 0.5) is 0 Å². The Balaban J connectivity index is 1.91. The van der Waals surface area contributed by atoms with Gasteiger partial charge in [-0.25, -0.2) is 4.79 Å². The number of nitrogens with two attached hydrogens (primary N) is 1. The summed E-state index contributed by atoms with van der Waals surface area (Å²) in [6.07, 6.45) is 1.15. The number of benzene rings is 1. The molecule has 0 spiro atoms. The normalized spacial score (nSPS) is 18.7. The number of thiol groups is 1. The highest BCUT2D eigenvalue weighted by atomic mass is 32.1. The molecule has 0 radical (unpaired) electrons. The first kappa shape index (κ1) is 24.5. The second-order valence-electron chi connectivity index (χ2n) is 7.48. The van der Waals surface area contributed by atoms with E-state index in [1.54, 1.807) is 12.1 Å². The lowest BCUT2D eigenvalue weighted by molar-refractivity contribution is -0.149. The van der Waals surface area contributed by atoms with Crippen molar-refractivity contribution in [2.45, 2.75) is 50.4 Å². The highest BCUT2D eigenvalue weighted by Gasteiger charge is 2.36. The fraction of sp³-hybridized carbons (Fsp3) is 0.500. The van der Waals surface area contributed by atoms with Crippen LogP contribution in [0.15, 0.2) is 24.3 Å². The van der Waals surface area contributed by atoms with Crippen molar-refractivity contribution in [3.63, 3.8) is 0 Å². The number of nitrogens with zero attached hydrogens (tertiary/aromatic N) is 1. The second-order valence-corrected chi connectivity index (χ2v) is 7.84. The highest BCUT2D eigenvalue weighted by Crippen LogP contribution is 2.18. The monoisotopic (exact) mass is 452 g/mol. The van der Waals surface area contributed by atoms with Crippen molar-refractivity contribution in [3.05, 3.63) is 29.8 Å². The molecule has 4 unspecified atom stereocenters. The standard InChI is InChI=1S/C20H28N4O6S/c1-11(19(28)24-8-2-3-16(24)20(29)30)22-18(27)15(10-31)23-17(26)14(21)9-12-4-6-13(25)7-5-12/h4-7,11,14-16,25,31H,2-3,8-10,21H2,1H3,(H,22,27)(H,23,26)(H,29,30). The van der Waals surface area contributed by atoms with Crippen LogP contribution in [0.1, 0.15) is 25.3 Å². The van der Waals surface area contributed by atoms with Crippen LogP contribution in [-0.2, 0) is 25.6 Å². The van der Waals surface area contributed by atoms with E-state index in [0.717, 1.165) is 5.56 Å². The Kier molecular flexibility index (Phi) is 8.69. The lowest BCUT2D eigenvalue weighted by Gasteiger charge is -2.26. The molecular weight excluding hydrogens is 424 g/mol. The van der Waals surface area contributed by atoms with Crippen molar-refractivity contribution in [2.24, 2.45) is 5.73 Å². The van der Waals surface area contributed by atoms with Crippen molar-refractivity contribution in [1.82, 2.24) is 15.5 Å². The number of hydrogen-bond acceptors (Lipinski definition) is 7. The van der Waals surface area contributed by atoms with Gasteiger partial charge in [-0.15, -0.1) is 0 Å². The summed E-state index contributed by atoms with van der Waals surface area (Å²) >= 11 is 4.09. The minimum atomic E-state index is -1.08. The van der Waals surface area contributed by atoms with Gasteiger partial charge < -0.3 is 31.5 Å². The summed E-state index contributed by atoms with van der Waals surface area (Å²) in [4.78, 5) is 50.0.